The Kier molecular flexibility index (Phi) is 6.46. The number of aromatic nitrogens is 3. The number of rotatable bonds is 6. The molecule has 0 unspecified atom stereocenters. The molecule has 1 N–H and O–H groups in total. The van der Waals surface area contributed by atoms with E-state index < -0.39 is 5.97 Å². The number of carbonyl (C=O) groups is 1. The van der Waals surface area contributed by atoms with Crippen LogP contribution in [-0.4, -0.2) is 50.6 Å². The second-order valence-corrected chi connectivity index (χ2v) is 11.2. The molecule has 0 spiro atoms. The van der Waals surface area contributed by atoms with Gasteiger partial charge in [-0.15, -0.1) is 0 Å². The summed E-state index contributed by atoms with van der Waals surface area (Å²) in [4.78, 5) is 22.9. The maximum absolute atomic E-state index is 11.2. The van der Waals surface area contributed by atoms with Gasteiger partial charge < -0.3 is 14.7 Å². The molecule has 2 aliphatic rings. The average molecular weight is 517 g/mol. The minimum atomic E-state index is -0.930. The van der Waals surface area contributed by atoms with Gasteiger partial charge in [0.2, 0.25) is 5.78 Å². The Balaban J connectivity index is 1.17. The molecule has 2 aromatic heterocycles. The molecule has 1 saturated heterocycles. The fourth-order valence-electron chi connectivity index (χ4n) is 6.15. The standard InChI is InChI=1S/C29H32N4O3S/c1-36-29(23-5-3-2-4-6-23)15-17-32(18-16-29)24-13-11-21(12-14-24)26-31-28-30-19-25(33(28)37-26)20-7-9-22(10-8-20)27(34)35/h7-14,19,23H,2-6,15-18H2,1H3,(H,34,35). The number of imidazole rings is 1. The highest BCUT2D eigenvalue weighted by Crippen LogP contribution is 2.42. The van der Waals surface area contributed by atoms with Crippen LogP contribution in [0, 0.1) is 5.92 Å². The van der Waals surface area contributed by atoms with Crippen molar-refractivity contribution in [1.82, 2.24) is 13.8 Å². The van der Waals surface area contributed by atoms with Gasteiger partial charge in [0.05, 0.1) is 23.1 Å². The zero-order valence-corrected chi connectivity index (χ0v) is 21.9. The van der Waals surface area contributed by atoms with E-state index >= 15 is 0 Å². The molecule has 192 valence electrons. The molecule has 7 nitrogen and oxygen atoms in total. The number of anilines is 1. The third-order valence-corrected chi connectivity index (χ3v) is 9.40. The van der Waals surface area contributed by atoms with Crippen LogP contribution in [-0.2, 0) is 4.74 Å². The predicted molar refractivity (Wildman–Crippen MR) is 146 cm³/mol. The van der Waals surface area contributed by atoms with Crippen LogP contribution in [0.5, 0.6) is 0 Å². The van der Waals surface area contributed by atoms with E-state index in [-0.39, 0.29) is 11.2 Å². The number of ether oxygens (including phenoxy) is 1. The first kappa shape index (κ1) is 24.1. The minimum absolute atomic E-state index is 0.0538. The second-order valence-electron chi connectivity index (χ2n) is 10.3. The monoisotopic (exact) mass is 516 g/mol. The number of carboxylic acid groups (broad SMARTS) is 1. The molecule has 0 atom stereocenters. The fourth-order valence-corrected chi connectivity index (χ4v) is 7.11. The summed E-state index contributed by atoms with van der Waals surface area (Å²) < 4.78 is 8.19. The van der Waals surface area contributed by atoms with Crippen molar-refractivity contribution < 1.29 is 14.6 Å². The van der Waals surface area contributed by atoms with Gasteiger partial charge in [0.25, 0.3) is 0 Å². The van der Waals surface area contributed by atoms with E-state index in [9.17, 15) is 4.79 Å². The van der Waals surface area contributed by atoms with E-state index in [1.165, 1.54) is 37.8 Å². The molecule has 2 fully saturated rings. The topological polar surface area (TPSA) is 80.0 Å². The van der Waals surface area contributed by atoms with Crippen molar-refractivity contribution in [2.45, 2.75) is 50.5 Å². The van der Waals surface area contributed by atoms with Crippen molar-refractivity contribution in [3.63, 3.8) is 0 Å². The Morgan fingerprint density at radius 2 is 1.68 bits per heavy atom. The number of fused-ring (bicyclic) bond motifs is 1. The Morgan fingerprint density at radius 1 is 1.00 bits per heavy atom. The zero-order chi connectivity index (χ0) is 25.4. The summed E-state index contributed by atoms with van der Waals surface area (Å²) in [6, 6.07) is 15.5. The maximum Gasteiger partial charge on any atom is 0.335 e. The summed E-state index contributed by atoms with van der Waals surface area (Å²) in [5, 5.41) is 10.1. The number of hydrogen-bond donors (Lipinski definition) is 1. The Hall–Kier alpha value is -3.23. The van der Waals surface area contributed by atoms with Gasteiger partial charge in [0.15, 0.2) is 0 Å². The number of benzene rings is 2. The van der Waals surface area contributed by atoms with E-state index in [0.29, 0.717) is 11.7 Å². The molecular weight excluding hydrogens is 484 g/mol. The van der Waals surface area contributed by atoms with Crippen LogP contribution in [0.4, 0.5) is 5.69 Å². The molecular formula is C29H32N4O3S. The number of hydrogen-bond acceptors (Lipinski definition) is 6. The molecule has 1 saturated carbocycles. The summed E-state index contributed by atoms with van der Waals surface area (Å²) in [5.74, 6) is 0.427. The minimum Gasteiger partial charge on any atom is -0.478 e. The summed E-state index contributed by atoms with van der Waals surface area (Å²) in [5.41, 5.74) is 4.45. The second kappa shape index (κ2) is 9.91. The van der Waals surface area contributed by atoms with Crippen LogP contribution in [0.25, 0.3) is 27.6 Å². The van der Waals surface area contributed by atoms with E-state index in [0.717, 1.165) is 47.8 Å². The van der Waals surface area contributed by atoms with Gasteiger partial charge in [-0.2, -0.15) is 4.98 Å². The van der Waals surface area contributed by atoms with Crippen molar-refractivity contribution in [1.29, 1.82) is 0 Å². The molecule has 1 aliphatic heterocycles. The molecule has 8 heteroatoms. The number of nitrogens with zero attached hydrogens (tertiary/aromatic N) is 4. The molecule has 3 heterocycles. The molecule has 0 amide bonds. The number of methoxy groups -OCH3 is 1. The SMILES string of the molecule is COC1(C2CCCCC2)CCN(c2ccc(-c3nc4ncc(-c5ccc(C(=O)O)cc5)n4s3)cc2)CC1. The number of carboxylic acids is 1. The first-order valence-electron chi connectivity index (χ1n) is 13.2. The lowest BCUT2D eigenvalue weighted by Crippen LogP contribution is -2.50. The van der Waals surface area contributed by atoms with E-state index in [1.54, 1.807) is 29.9 Å². The summed E-state index contributed by atoms with van der Waals surface area (Å²) in [6.07, 6.45) is 10.7. The quantitative estimate of drug-likeness (QED) is 0.320. The van der Waals surface area contributed by atoms with Crippen LogP contribution in [0.1, 0.15) is 55.3 Å². The molecule has 37 heavy (non-hydrogen) atoms. The summed E-state index contributed by atoms with van der Waals surface area (Å²) in [6.45, 7) is 2.05. The highest BCUT2D eigenvalue weighted by molar-refractivity contribution is 7.10. The van der Waals surface area contributed by atoms with Crippen molar-refractivity contribution >= 4 is 29.0 Å². The summed E-state index contributed by atoms with van der Waals surface area (Å²) >= 11 is 1.55. The van der Waals surface area contributed by atoms with Crippen LogP contribution >= 0.6 is 11.5 Å². The first-order valence-corrected chi connectivity index (χ1v) is 13.9. The van der Waals surface area contributed by atoms with Gasteiger partial charge in [-0.3, -0.25) is 0 Å². The smallest absolute Gasteiger partial charge is 0.335 e. The van der Waals surface area contributed by atoms with Crippen molar-refractivity contribution in [3.8, 4) is 21.8 Å². The van der Waals surface area contributed by atoms with E-state index in [1.807, 2.05) is 23.0 Å². The van der Waals surface area contributed by atoms with Crippen LogP contribution in [0.15, 0.2) is 54.7 Å². The molecule has 4 aromatic rings. The Bertz CT molecular complexity index is 1380. The average Bonchev–Trinajstić information content (AvgIpc) is 3.55. The number of aromatic carboxylic acids is 1. The number of piperidine rings is 1. The van der Waals surface area contributed by atoms with Crippen molar-refractivity contribution in [3.05, 3.63) is 60.3 Å². The highest BCUT2D eigenvalue weighted by Gasteiger charge is 2.41. The lowest BCUT2D eigenvalue weighted by molar-refractivity contribution is -0.0856. The Morgan fingerprint density at radius 3 is 2.32 bits per heavy atom. The lowest BCUT2D eigenvalue weighted by Gasteiger charge is -2.47. The van der Waals surface area contributed by atoms with Crippen LogP contribution in [0.2, 0.25) is 0 Å². The third kappa shape index (κ3) is 4.53. The van der Waals surface area contributed by atoms with Crippen molar-refractivity contribution in [2.24, 2.45) is 5.92 Å². The molecule has 0 radical (unpaired) electrons. The summed E-state index contributed by atoms with van der Waals surface area (Å²) in [7, 11) is 1.92. The maximum atomic E-state index is 11.2. The molecule has 2 aromatic carbocycles. The predicted octanol–water partition coefficient (Wildman–Crippen LogP) is 6.39. The van der Waals surface area contributed by atoms with Gasteiger partial charge in [0, 0.05) is 37.0 Å². The van der Waals surface area contributed by atoms with Gasteiger partial charge in [-0.1, -0.05) is 31.4 Å². The highest BCUT2D eigenvalue weighted by atomic mass is 32.1. The molecule has 6 rings (SSSR count). The molecule has 1 aliphatic carbocycles. The normalized spacial score (nSPS) is 18.4. The molecule has 0 bridgehead atoms. The van der Waals surface area contributed by atoms with Gasteiger partial charge >= 0.3 is 5.97 Å². The van der Waals surface area contributed by atoms with Crippen molar-refractivity contribution in [2.75, 3.05) is 25.1 Å². The zero-order valence-electron chi connectivity index (χ0n) is 21.1. The van der Waals surface area contributed by atoms with Crippen LogP contribution in [0.3, 0.4) is 0 Å². The van der Waals surface area contributed by atoms with Crippen LogP contribution < -0.4 is 4.90 Å². The van der Waals surface area contributed by atoms with E-state index in [4.69, 9.17) is 14.8 Å². The fraction of sp³-hybridized carbons (Fsp3) is 0.414. The first-order chi connectivity index (χ1) is 18.1. The van der Waals surface area contributed by atoms with Gasteiger partial charge in [-0.25, -0.2) is 13.6 Å². The van der Waals surface area contributed by atoms with Gasteiger partial charge in [0.1, 0.15) is 5.01 Å². The third-order valence-electron chi connectivity index (χ3n) is 8.35. The van der Waals surface area contributed by atoms with E-state index in [2.05, 4.69) is 34.1 Å². The lowest BCUT2D eigenvalue weighted by atomic mass is 9.72. The Labute approximate surface area is 220 Å². The largest absolute Gasteiger partial charge is 0.478 e. The van der Waals surface area contributed by atoms with Gasteiger partial charge in [-0.05, 0) is 79.5 Å².